The molecule has 0 unspecified atom stereocenters. The largest absolute Gasteiger partial charge is 0.493 e. The number of carbonyl (C=O) groups excluding carboxylic acids is 3. The number of methoxy groups -OCH3 is 2. The molecular formula is C24H20N2O8. The Morgan fingerprint density at radius 3 is 2.18 bits per heavy atom. The highest BCUT2D eigenvalue weighted by Gasteiger charge is 2.15. The van der Waals surface area contributed by atoms with Crippen molar-refractivity contribution in [3.63, 3.8) is 0 Å². The van der Waals surface area contributed by atoms with Crippen LogP contribution < -0.4 is 14.8 Å². The van der Waals surface area contributed by atoms with Crippen LogP contribution in [0.25, 0.3) is 0 Å². The topological polar surface area (TPSA) is 134 Å². The van der Waals surface area contributed by atoms with Gasteiger partial charge in [-0.3, -0.25) is 19.7 Å². The Bertz CT molecular complexity index is 1240. The molecule has 0 heterocycles. The summed E-state index contributed by atoms with van der Waals surface area (Å²) in [6.45, 7) is -0.572. The predicted octanol–water partition coefficient (Wildman–Crippen LogP) is 3.90. The molecule has 0 atom stereocenters. The van der Waals surface area contributed by atoms with E-state index in [0.29, 0.717) is 22.7 Å². The maximum atomic E-state index is 12.5. The summed E-state index contributed by atoms with van der Waals surface area (Å²) < 4.78 is 15.4. The number of esters is 1. The number of ether oxygens (including phenoxy) is 3. The molecule has 0 spiro atoms. The Morgan fingerprint density at radius 2 is 1.53 bits per heavy atom. The lowest BCUT2D eigenvalue weighted by Crippen LogP contribution is -2.15. The predicted molar refractivity (Wildman–Crippen MR) is 122 cm³/mol. The molecular weight excluding hydrogens is 444 g/mol. The Labute approximate surface area is 194 Å². The number of Topliss-reactive ketones (excluding diaryl/α,β-unsaturated/α-hetero) is 1. The van der Waals surface area contributed by atoms with Gasteiger partial charge in [0.1, 0.15) is 0 Å². The second kappa shape index (κ2) is 10.7. The van der Waals surface area contributed by atoms with Crippen LogP contribution in [0.3, 0.4) is 0 Å². The minimum Gasteiger partial charge on any atom is -0.493 e. The van der Waals surface area contributed by atoms with Crippen LogP contribution in [-0.4, -0.2) is 43.4 Å². The minimum absolute atomic E-state index is 0.0650. The summed E-state index contributed by atoms with van der Waals surface area (Å²) in [5.74, 6) is -0.815. The number of hydrogen-bond donors (Lipinski definition) is 1. The van der Waals surface area contributed by atoms with E-state index in [0.717, 1.165) is 6.07 Å². The van der Waals surface area contributed by atoms with Gasteiger partial charge in [-0.05, 0) is 42.5 Å². The maximum Gasteiger partial charge on any atom is 0.338 e. The van der Waals surface area contributed by atoms with Crippen molar-refractivity contribution in [3.8, 4) is 11.5 Å². The molecule has 1 amide bonds. The van der Waals surface area contributed by atoms with Gasteiger partial charge in [0, 0.05) is 28.9 Å². The highest BCUT2D eigenvalue weighted by molar-refractivity contribution is 6.05. The van der Waals surface area contributed by atoms with Crippen molar-refractivity contribution in [2.75, 3.05) is 26.1 Å². The molecule has 1 N–H and O–H groups in total. The van der Waals surface area contributed by atoms with Gasteiger partial charge < -0.3 is 19.5 Å². The van der Waals surface area contributed by atoms with Crippen molar-refractivity contribution < 1.29 is 33.5 Å². The van der Waals surface area contributed by atoms with Gasteiger partial charge in [-0.15, -0.1) is 0 Å². The van der Waals surface area contributed by atoms with Crippen LogP contribution in [0.1, 0.15) is 31.1 Å². The molecule has 0 radical (unpaired) electrons. The monoisotopic (exact) mass is 464 g/mol. The fourth-order valence-electron chi connectivity index (χ4n) is 2.96. The van der Waals surface area contributed by atoms with Crippen LogP contribution in [0, 0.1) is 10.1 Å². The quantitative estimate of drug-likeness (QED) is 0.218. The van der Waals surface area contributed by atoms with Crippen molar-refractivity contribution in [2.24, 2.45) is 0 Å². The van der Waals surface area contributed by atoms with Gasteiger partial charge in [0.2, 0.25) is 5.78 Å². The molecule has 0 bridgehead atoms. The highest BCUT2D eigenvalue weighted by Crippen LogP contribution is 2.28. The highest BCUT2D eigenvalue weighted by atomic mass is 16.6. The van der Waals surface area contributed by atoms with Gasteiger partial charge >= 0.3 is 5.97 Å². The fraction of sp³-hybridized carbons (Fsp3) is 0.125. The first-order valence-electron chi connectivity index (χ1n) is 9.90. The van der Waals surface area contributed by atoms with Gasteiger partial charge in [0.25, 0.3) is 11.6 Å². The lowest BCUT2D eigenvalue weighted by Gasteiger charge is -2.10. The number of carbonyl (C=O) groups is 3. The number of hydrogen-bond acceptors (Lipinski definition) is 8. The summed E-state index contributed by atoms with van der Waals surface area (Å²) >= 11 is 0. The lowest BCUT2D eigenvalue weighted by atomic mass is 10.1. The Hall–Kier alpha value is -4.73. The number of benzene rings is 3. The smallest absolute Gasteiger partial charge is 0.338 e. The van der Waals surface area contributed by atoms with E-state index >= 15 is 0 Å². The van der Waals surface area contributed by atoms with E-state index in [1.54, 1.807) is 12.1 Å². The molecule has 174 valence electrons. The first-order valence-corrected chi connectivity index (χ1v) is 9.90. The fourth-order valence-corrected chi connectivity index (χ4v) is 2.96. The Kier molecular flexibility index (Phi) is 7.55. The van der Waals surface area contributed by atoms with Gasteiger partial charge in [-0.25, -0.2) is 4.79 Å². The first-order chi connectivity index (χ1) is 16.3. The molecule has 0 aromatic heterocycles. The summed E-state index contributed by atoms with van der Waals surface area (Å²) in [5, 5.41) is 13.5. The van der Waals surface area contributed by atoms with E-state index in [9.17, 15) is 24.5 Å². The number of rotatable bonds is 9. The number of nitro groups is 1. The zero-order valence-corrected chi connectivity index (χ0v) is 18.3. The lowest BCUT2D eigenvalue weighted by molar-refractivity contribution is -0.384. The molecule has 0 aliphatic heterocycles. The van der Waals surface area contributed by atoms with Crippen LogP contribution in [0.4, 0.5) is 11.4 Å². The third-order valence-corrected chi connectivity index (χ3v) is 4.74. The van der Waals surface area contributed by atoms with Crippen molar-refractivity contribution in [3.05, 3.63) is 93.5 Å². The van der Waals surface area contributed by atoms with Crippen molar-refractivity contribution >= 4 is 29.0 Å². The van der Waals surface area contributed by atoms with E-state index in [1.165, 1.54) is 62.8 Å². The summed E-state index contributed by atoms with van der Waals surface area (Å²) in [6, 6.07) is 15.8. The molecule has 3 aromatic rings. The molecule has 10 nitrogen and oxygen atoms in total. The second-order valence-corrected chi connectivity index (χ2v) is 6.91. The molecule has 3 aromatic carbocycles. The van der Waals surface area contributed by atoms with E-state index in [4.69, 9.17) is 14.2 Å². The van der Waals surface area contributed by atoms with Crippen LogP contribution in [0.15, 0.2) is 66.7 Å². The van der Waals surface area contributed by atoms with Gasteiger partial charge in [0.15, 0.2) is 18.1 Å². The molecule has 34 heavy (non-hydrogen) atoms. The third-order valence-electron chi connectivity index (χ3n) is 4.74. The maximum absolute atomic E-state index is 12.5. The average Bonchev–Trinajstić information content (AvgIpc) is 2.87. The van der Waals surface area contributed by atoms with E-state index in [1.807, 2.05) is 0 Å². The van der Waals surface area contributed by atoms with Gasteiger partial charge in [-0.1, -0.05) is 12.1 Å². The van der Waals surface area contributed by atoms with Crippen molar-refractivity contribution in [2.45, 2.75) is 0 Å². The number of nitrogens with zero attached hydrogens (tertiary/aromatic N) is 1. The van der Waals surface area contributed by atoms with Crippen LogP contribution in [-0.2, 0) is 4.74 Å². The number of non-ortho nitro benzene ring substituents is 1. The van der Waals surface area contributed by atoms with Gasteiger partial charge in [-0.2, -0.15) is 0 Å². The van der Waals surface area contributed by atoms with Crippen LogP contribution in [0.2, 0.25) is 0 Å². The summed E-state index contributed by atoms with van der Waals surface area (Å²) in [4.78, 5) is 47.1. The van der Waals surface area contributed by atoms with Gasteiger partial charge in [0.05, 0.1) is 24.7 Å². The van der Waals surface area contributed by atoms with E-state index in [2.05, 4.69) is 5.32 Å². The Morgan fingerprint density at radius 1 is 0.853 bits per heavy atom. The SMILES string of the molecule is COc1ccc(C(=O)Nc2ccc(C(=O)OCC(=O)c3cccc([N+](=O)[O-])c3)cc2)cc1OC. The van der Waals surface area contributed by atoms with Crippen LogP contribution >= 0.6 is 0 Å². The second-order valence-electron chi connectivity index (χ2n) is 6.91. The minimum atomic E-state index is -0.753. The average molecular weight is 464 g/mol. The zero-order valence-electron chi connectivity index (χ0n) is 18.3. The standard InChI is InChI=1S/C24H20N2O8/c1-32-21-11-8-17(13-22(21)33-2)23(28)25-18-9-6-15(7-10-18)24(29)34-14-20(27)16-4-3-5-19(12-16)26(30)31/h3-13H,14H2,1-2H3,(H,25,28). The van der Waals surface area contributed by atoms with Crippen molar-refractivity contribution in [1.29, 1.82) is 0 Å². The normalized spacial score (nSPS) is 10.2. The number of nitrogens with one attached hydrogen (secondary N) is 1. The molecule has 0 aliphatic rings. The summed E-state index contributed by atoms with van der Waals surface area (Å²) in [5.41, 5.74) is 0.777. The molecule has 0 saturated carbocycles. The summed E-state index contributed by atoms with van der Waals surface area (Å²) in [7, 11) is 2.96. The molecule has 10 heteroatoms. The number of ketones is 1. The van der Waals surface area contributed by atoms with E-state index < -0.39 is 23.3 Å². The summed E-state index contributed by atoms with van der Waals surface area (Å²) in [6.07, 6.45) is 0. The Balaban J connectivity index is 1.59. The number of amides is 1. The van der Waals surface area contributed by atoms with E-state index in [-0.39, 0.29) is 22.7 Å². The molecule has 3 rings (SSSR count). The number of anilines is 1. The zero-order chi connectivity index (χ0) is 24.7. The first kappa shape index (κ1) is 23.9. The van der Waals surface area contributed by atoms with Crippen LogP contribution in [0.5, 0.6) is 11.5 Å². The third kappa shape index (κ3) is 5.74. The number of nitro benzene ring substituents is 1. The molecule has 0 saturated heterocycles. The molecule has 0 aliphatic carbocycles. The van der Waals surface area contributed by atoms with Crippen molar-refractivity contribution in [1.82, 2.24) is 0 Å². The molecule has 0 fully saturated rings.